The topological polar surface area (TPSA) is 61.7 Å². The maximum absolute atomic E-state index is 5.49. The molecule has 1 aliphatic carbocycles. The summed E-state index contributed by atoms with van der Waals surface area (Å²) < 4.78 is 9.39. The maximum atomic E-state index is 5.49. The van der Waals surface area contributed by atoms with Gasteiger partial charge in [-0.05, 0) is 59.5 Å². The third-order valence-corrected chi connectivity index (χ3v) is 7.10. The van der Waals surface area contributed by atoms with Crippen LogP contribution >= 0.6 is 0 Å². The van der Waals surface area contributed by atoms with E-state index in [2.05, 4.69) is 105 Å². The minimum absolute atomic E-state index is 0.476. The Kier molecular flexibility index (Phi) is 11.4. The van der Waals surface area contributed by atoms with Crippen LogP contribution in [0.5, 0.6) is 0 Å². The summed E-state index contributed by atoms with van der Waals surface area (Å²) in [6.45, 7) is 26.5. The van der Waals surface area contributed by atoms with Crippen molar-refractivity contribution in [1.29, 1.82) is 0 Å². The molecule has 0 amide bonds. The predicted molar refractivity (Wildman–Crippen MR) is 159 cm³/mol. The van der Waals surface area contributed by atoms with Crippen LogP contribution in [0.4, 0.5) is 0 Å². The molecule has 0 aromatic carbocycles. The molecule has 1 aliphatic rings. The van der Waals surface area contributed by atoms with Gasteiger partial charge in [-0.2, -0.15) is 10.2 Å². The van der Waals surface area contributed by atoms with Crippen molar-refractivity contribution in [3.63, 3.8) is 0 Å². The fourth-order valence-corrected chi connectivity index (χ4v) is 4.99. The van der Waals surface area contributed by atoms with Gasteiger partial charge in [0.15, 0.2) is 0 Å². The second-order valence-electron chi connectivity index (χ2n) is 12.8. The summed E-state index contributed by atoms with van der Waals surface area (Å²) in [6.07, 6.45) is 6.68. The number of nitrogens with zero attached hydrogens (tertiary/aromatic N) is 5. The predicted octanol–water partition coefficient (Wildman–Crippen LogP) is 9.13. The SMILES string of the molecule is CC(C)c1cn(C)nc1C(C)C.CC(C)c1cnn(C)c1C(C)C.CC(C)c1noc(C2CC2)c1C(C)C. The van der Waals surface area contributed by atoms with Crippen LogP contribution in [0.3, 0.4) is 0 Å². The van der Waals surface area contributed by atoms with Gasteiger partial charge in [0.25, 0.3) is 0 Å². The number of hydrogen-bond donors (Lipinski definition) is 0. The third kappa shape index (κ3) is 8.07. The molecule has 3 aromatic rings. The zero-order valence-electron chi connectivity index (χ0n) is 26.8. The highest BCUT2D eigenvalue weighted by Gasteiger charge is 2.33. The number of aryl methyl sites for hydroxylation is 2. The van der Waals surface area contributed by atoms with E-state index in [0.717, 1.165) is 0 Å². The summed E-state index contributed by atoms with van der Waals surface area (Å²) >= 11 is 0. The van der Waals surface area contributed by atoms with Crippen molar-refractivity contribution >= 4 is 0 Å². The van der Waals surface area contributed by atoms with E-state index in [1.165, 1.54) is 52.4 Å². The van der Waals surface area contributed by atoms with Crippen molar-refractivity contribution in [3.05, 3.63) is 51.9 Å². The number of aromatic nitrogens is 5. The molecule has 6 nitrogen and oxygen atoms in total. The second-order valence-corrected chi connectivity index (χ2v) is 12.8. The molecule has 6 heteroatoms. The fourth-order valence-electron chi connectivity index (χ4n) is 4.99. The van der Waals surface area contributed by atoms with Crippen molar-refractivity contribution in [3.8, 4) is 0 Å². The van der Waals surface area contributed by atoms with Crippen LogP contribution in [-0.2, 0) is 14.1 Å². The molecule has 0 unspecified atom stereocenters. The minimum atomic E-state index is 0.476. The molecule has 3 heterocycles. The molecule has 3 aromatic heterocycles. The van der Waals surface area contributed by atoms with Gasteiger partial charge in [0.05, 0.1) is 17.6 Å². The van der Waals surface area contributed by atoms with Crippen LogP contribution < -0.4 is 0 Å². The quantitative estimate of drug-likeness (QED) is 0.308. The lowest BCUT2D eigenvalue weighted by Crippen LogP contribution is -2.03. The average molecular weight is 526 g/mol. The fraction of sp³-hybridized carbons (Fsp3) is 0.719. The lowest BCUT2D eigenvalue weighted by molar-refractivity contribution is 0.374. The first-order valence-electron chi connectivity index (χ1n) is 14.7. The van der Waals surface area contributed by atoms with Crippen LogP contribution in [0.1, 0.15) is 177 Å². The molecule has 0 N–H and O–H groups in total. The van der Waals surface area contributed by atoms with Crippen molar-refractivity contribution in [1.82, 2.24) is 24.7 Å². The molecule has 38 heavy (non-hydrogen) atoms. The standard InChI is InChI=1S/C12H19NO.2C10H18N2/c1-7(2)10-11(8(3)4)13-14-12(10)9-5-6-9;1-7(2)9-6-12(5)11-10(9)8(3)4;1-7(2)9-6-11-12(5)10(9)8(3)4/h7-9H,5-6H2,1-4H3;2*6-8H,1-5H3. The van der Waals surface area contributed by atoms with Crippen LogP contribution in [0.15, 0.2) is 16.9 Å². The van der Waals surface area contributed by atoms with Crippen molar-refractivity contribution < 1.29 is 4.52 Å². The van der Waals surface area contributed by atoms with Crippen LogP contribution in [0.25, 0.3) is 0 Å². The molecule has 0 saturated heterocycles. The van der Waals surface area contributed by atoms with Crippen molar-refractivity contribution in [2.45, 2.75) is 137 Å². The Labute approximate surface area is 232 Å². The lowest BCUT2D eigenvalue weighted by Gasteiger charge is -2.11. The largest absolute Gasteiger partial charge is 0.361 e. The van der Waals surface area contributed by atoms with E-state index >= 15 is 0 Å². The zero-order chi connectivity index (χ0) is 28.9. The summed E-state index contributed by atoms with van der Waals surface area (Å²) in [4.78, 5) is 0. The molecule has 0 radical (unpaired) electrons. The molecule has 0 aliphatic heterocycles. The Bertz CT molecular complexity index is 1070. The molecule has 214 valence electrons. The molecule has 0 bridgehead atoms. The van der Waals surface area contributed by atoms with E-state index in [0.29, 0.717) is 41.4 Å². The van der Waals surface area contributed by atoms with Crippen LogP contribution in [-0.4, -0.2) is 24.7 Å². The zero-order valence-corrected chi connectivity index (χ0v) is 26.8. The molecule has 0 atom stereocenters. The third-order valence-electron chi connectivity index (χ3n) is 7.10. The molecular formula is C32H55N5O. The lowest BCUT2D eigenvalue weighted by atomic mass is 9.94. The van der Waals surface area contributed by atoms with Gasteiger partial charge in [-0.25, -0.2) is 0 Å². The van der Waals surface area contributed by atoms with Gasteiger partial charge in [0.1, 0.15) is 5.76 Å². The van der Waals surface area contributed by atoms with E-state index in [1.807, 2.05) is 29.7 Å². The summed E-state index contributed by atoms with van der Waals surface area (Å²) in [5, 5.41) is 12.9. The van der Waals surface area contributed by atoms with Gasteiger partial charge in [-0.1, -0.05) is 88.2 Å². The van der Waals surface area contributed by atoms with E-state index in [4.69, 9.17) is 4.52 Å². The summed E-state index contributed by atoms with van der Waals surface area (Å²) in [5.74, 6) is 5.11. The normalized spacial score (nSPS) is 13.6. The smallest absolute Gasteiger partial charge is 0.143 e. The molecular weight excluding hydrogens is 470 g/mol. The summed E-state index contributed by atoms with van der Waals surface area (Å²) in [7, 11) is 4.00. The molecule has 4 rings (SSSR count). The maximum Gasteiger partial charge on any atom is 0.143 e. The highest BCUT2D eigenvalue weighted by atomic mass is 16.5. The first kappa shape index (κ1) is 31.8. The average Bonchev–Trinajstić information content (AvgIpc) is 3.23. The Morgan fingerprint density at radius 2 is 1.26 bits per heavy atom. The molecule has 1 saturated carbocycles. The van der Waals surface area contributed by atoms with E-state index in [9.17, 15) is 0 Å². The summed E-state index contributed by atoms with van der Waals surface area (Å²) in [5.41, 5.74) is 7.92. The molecule has 1 fully saturated rings. The number of rotatable bonds is 7. The first-order chi connectivity index (χ1) is 17.7. The number of hydrogen-bond acceptors (Lipinski definition) is 4. The van der Waals surface area contributed by atoms with Gasteiger partial charge >= 0.3 is 0 Å². The van der Waals surface area contributed by atoms with Crippen LogP contribution in [0, 0.1) is 0 Å². The Morgan fingerprint density at radius 3 is 1.63 bits per heavy atom. The van der Waals surface area contributed by atoms with E-state index in [-0.39, 0.29) is 0 Å². The van der Waals surface area contributed by atoms with Gasteiger partial charge in [0.2, 0.25) is 0 Å². The Morgan fingerprint density at radius 1 is 0.711 bits per heavy atom. The van der Waals surface area contributed by atoms with E-state index in [1.54, 1.807) is 0 Å². The van der Waals surface area contributed by atoms with Crippen molar-refractivity contribution in [2.24, 2.45) is 14.1 Å². The Balaban J connectivity index is 0.000000201. The van der Waals surface area contributed by atoms with Gasteiger partial charge < -0.3 is 4.52 Å². The monoisotopic (exact) mass is 525 g/mol. The summed E-state index contributed by atoms with van der Waals surface area (Å²) in [6, 6.07) is 0. The van der Waals surface area contributed by atoms with Gasteiger partial charge in [0, 0.05) is 37.5 Å². The highest BCUT2D eigenvalue weighted by molar-refractivity contribution is 5.33. The molecule has 0 spiro atoms. The Hall–Kier alpha value is -2.37. The van der Waals surface area contributed by atoms with Crippen LogP contribution in [0.2, 0.25) is 0 Å². The highest BCUT2D eigenvalue weighted by Crippen LogP contribution is 2.45. The van der Waals surface area contributed by atoms with Gasteiger partial charge in [-0.3, -0.25) is 9.36 Å². The second kappa shape index (κ2) is 13.6. The van der Waals surface area contributed by atoms with Gasteiger partial charge in [-0.15, -0.1) is 0 Å². The minimum Gasteiger partial charge on any atom is -0.361 e. The van der Waals surface area contributed by atoms with E-state index < -0.39 is 0 Å². The first-order valence-corrected chi connectivity index (χ1v) is 14.7. The van der Waals surface area contributed by atoms with Crippen molar-refractivity contribution in [2.75, 3.05) is 0 Å².